The summed E-state index contributed by atoms with van der Waals surface area (Å²) in [7, 11) is 1.64. The maximum absolute atomic E-state index is 13.2. The van der Waals surface area contributed by atoms with Crippen LogP contribution < -0.4 is 10.1 Å². The fourth-order valence-corrected chi connectivity index (χ4v) is 4.77. The molecule has 1 N–H and O–H groups in total. The number of halogens is 1. The summed E-state index contributed by atoms with van der Waals surface area (Å²) < 4.78 is 10.7. The fraction of sp³-hybridized carbons (Fsp3) is 0.179. The number of hydrogen-bond acceptors (Lipinski definition) is 6. The molecule has 3 aromatic carbocycles. The van der Waals surface area contributed by atoms with Gasteiger partial charge in [0, 0.05) is 25.9 Å². The Kier molecular flexibility index (Phi) is 9.37. The van der Waals surface area contributed by atoms with Crippen molar-refractivity contribution < 1.29 is 19.1 Å². The summed E-state index contributed by atoms with van der Waals surface area (Å²) in [6, 6.07) is 23.8. The summed E-state index contributed by atoms with van der Waals surface area (Å²) in [5.41, 5.74) is 2.20. The van der Waals surface area contributed by atoms with Gasteiger partial charge in [-0.3, -0.25) is 14.5 Å². The summed E-state index contributed by atoms with van der Waals surface area (Å²) in [6.45, 7) is 0.868. The number of methoxy groups -OCH3 is 1. The number of rotatable bonds is 10. The molecule has 0 aromatic heterocycles. The highest BCUT2D eigenvalue weighted by Crippen LogP contribution is 2.35. The van der Waals surface area contributed by atoms with E-state index in [9.17, 15) is 9.59 Å². The molecule has 0 unspecified atom stereocenters. The molecule has 1 heterocycles. The number of carbonyl (C=O) groups excluding carboxylic acids is 2. The van der Waals surface area contributed by atoms with Crippen molar-refractivity contribution in [2.24, 2.45) is 4.99 Å². The maximum atomic E-state index is 13.2. The predicted octanol–water partition coefficient (Wildman–Crippen LogP) is 6.00. The third-order valence-electron chi connectivity index (χ3n) is 5.27. The molecule has 3 aromatic rings. The van der Waals surface area contributed by atoms with Gasteiger partial charge in [0.15, 0.2) is 11.8 Å². The number of para-hydroxylation sites is 2. The molecule has 1 aliphatic heterocycles. The number of anilines is 1. The molecule has 1 fully saturated rings. The topological polar surface area (TPSA) is 80.2 Å². The van der Waals surface area contributed by atoms with Crippen molar-refractivity contribution >= 4 is 57.8 Å². The smallest absolute Gasteiger partial charge is 0.266 e. The molecule has 0 radical (unpaired) electrons. The predicted molar refractivity (Wildman–Crippen MR) is 149 cm³/mol. The second-order valence-corrected chi connectivity index (χ2v) is 9.45. The van der Waals surface area contributed by atoms with E-state index >= 15 is 0 Å². The molecule has 0 saturated carbocycles. The first-order valence-corrected chi connectivity index (χ1v) is 12.8. The highest BCUT2D eigenvalue weighted by atomic mass is 35.5. The number of ether oxygens (including phenoxy) is 2. The Bertz CT molecular complexity index is 1300. The molecule has 0 aliphatic carbocycles. The van der Waals surface area contributed by atoms with Crippen LogP contribution in [0.2, 0.25) is 5.02 Å². The van der Waals surface area contributed by atoms with Gasteiger partial charge in [0.2, 0.25) is 0 Å². The van der Waals surface area contributed by atoms with Crippen LogP contribution in [0.4, 0.5) is 11.4 Å². The number of aliphatic imine (C=N–C) groups is 1. The van der Waals surface area contributed by atoms with Gasteiger partial charge >= 0.3 is 0 Å². The number of hydrogen-bond donors (Lipinski definition) is 1. The van der Waals surface area contributed by atoms with Gasteiger partial charge in [0.25, 0.3) is 11.8 Å². The van der Waals surface area contributed by atoms with Crippen LogP contribution in [0.3, 0.4) is 0 Å². The monoisotopic (exact) mass is 535 g/mol. The van der Waals surface area contributed by atoms with E-state index in [4.69, 9.17) is 21.1 Å². The lowest BCUT2D eigenvalue weighted by molar-refractivity contribution is -0.122. The molecule has 4 rings (SSSR count). The Labute approximate surface area is 225 Å². The van der Waals surface area contributed by atoms with Crippen molar-refractivity contribution in [3.05, 3.63) is 94.4 Å². The zero-order valence-corrected chi connectivity index (χ0v) is 21.8. The third-order valence-corrected chi connectivity index (χ3v) is 6.57. The molecule has 1 aliphatic rings. The van der Waals surface area contributed by atoms with Crippen molar-refractivity contribution in [1.29, 1.82) is 0 Å². The first-order chi connectivity index (χ1) is 18.0. The average molecular weight is 536 g/mol. The Morgan fingerprint density at radius 1 is 1.08 bits per heavy atom. The lowest BCUT2D eigenvalue weighted by Gasteiger charge is -2.15. The lowest BCUT2D eigenvalue weighted by Crippen LogP contribution is -2.30. The molecule has 1 saturated heterocycles. The number of carbonyl (C=O) groups is 2. The van der Waals surface area contributed by atoms with Crippen LogP contribution >= 0.6 is 23.4 Å². The number of amides is 2. The summed E-state index contributed by atoms with van der Waals surface area (Å²) in [6.07, 6.45) is 2.47. The van der Waals surface area contributed by atoms with Crippen molar-refractivity contribution in [3.63, 3.8) is 0 Å². The quantitative estimate of drug-likeness (QED) is 0.254. The number of amidine groups is 1. The van der Waals surface area contributed by atoms with E-state index in [1.54, 1.807) is 48.4 Å². The Morgan fingerprint density at radius 3 is 2.51 bits per heavy atom. The Hall–Kier alpha value is -3.59. The molecule has 37 heavy (non-hydrogen) atoms. The van der Waals surface area contributed by atoms with Crippen molar-refractivity contribution in [1.82, 2.24) is 4.90 Å². The molecule has 2 amide bonds. The second-order valence-electron chi connectivity index (χ2n) is 8.04. The van der Waals surface area contributed by atoms with Crippen molar-refractivity contribution in [2.75, 3.05) is 32.2 Å². The van der Waals surface area contributed by atoms with E-state index in [0.717, 1.165) is 11.3 Å². The number of benzene rings is 3. The number of thioether (sulfide) groups is 1. The third kappa shape index (κ3) is 7.45. The van der Waals surface area contributed by atoms with Crippen molar-refractivity contribution in [3.8, 4) is 5.75 Å². The molecular formula is C28H26ClN3O4S. The maximum Gasteiger partial charge on any atom is 0.266 e. The van der Waals surface area contributed by atoms with E-state index in [2.05, 4.69) is 10.3 Å². The van der Waals surface area contributed by atoms with Gasteiger partial charge in [-0.2, -0.15) is 0 Å². The molecule has 9 heteroatoms. The van der Waals surface area contributed by atoms with E-state index in [0.29, 0.717) is 46.1 Å². The largest absolute Gasteiger partial charge is 0.482 e. The number of nitrogens with zero attached hydrogens (tertiary/aromatic N) is 2. The van der Waals surface area contributed by atoms with E-state index in [1.807, 2.05) is 48.5 Å². The van der Waals surface area contributed by atoms with Gasteiger partial charge in [-0.05, 0) is 66.2 Å². The minimum atomic E-state index is -0.291. The van der Waals surface area contributed by atoms with Gasteiger partial charge in [-0.15, -0.1) is 0 Å². The second kappa shape index (κ2) is 13.1. The van der Waals surface area contributed by atoms with Crippen LogP contribution in [-0.2, 0) is 14.3 Å². The highest BCUT2D eigenvalue weighted by Gasteiger charge is 2.33. The number of nitrogens with one attached hydrogen (secondary N) is 1. The van der Waals surface area contributed by atoms with Gasteiger partial charge in [-0.25, -0.2) is 4.99 Å². The summed E-state index contributed by atoms with van der Waals surface area (Å²) in [5, 5.41) is 3.72. The van der Waals surface area contributed by atoms with E-state index in [1.165, 1.54) is 11.8 Å². The Balaban J connectivity index is 1.45. The SMILES string of the molecule is COCCCN1C(=O)/C(=C/c2ccc(OCC(=O)Nc3ccccc3)c(Cl)c2)SC1=Nc1ccccc1. The molecule has 190 valence electrons. The molecule has 0 atom stereocenters. The van der Waals surface area contributed by atoms with Gasteiger partial charge < -0.3 is 14.8 Å². The zero-order valence-electron chi connectivity index (χ0n) is 20.2. The van der Waals surface area contributed by atoms with Crippen molar-refractivity contribution in [2.45, 2.75) is 6.42 Å². The summed E-state index contributed by atoms with van der Waals surface area (Å²) >= 11 is 7.74. The minimum Gasteiger partial charge on any atom is -0.482 e. The van der Waals surface area contributed by atoms with Crippen LogP contribution in [-0.4, -0.2) is 48.8 Å². The van der Waals surface area contributed by atoms with Gasteiger partial charge in [0.1, 0.15) is 5.75 Å². The first-order valence-electron chi connectivity index (χ1n) is 11.6. The summed E-state index contributed by atoms with van der Waals surface area (Å²) in [5.74, 6) is -0.0324. The van der Waals surface area contributed by atoms with E-state index < -0.39 is 0 Å². The van der Waals surface area contributed by atoms with Gasteiger partial charge in [0.05, 0.1) is 15.6 Å². The van der Waals surface area contributed by atoms with Crippen LogP contribution in [0.1, 0.15) is 12.0 Å². The fourth-order valence-electron chi connectivity index (χ4n) is 3.51. The minimum absolute atomic E-state index is 0.121. The molecule has 7 nitrogen and oxygen atoms in total. The van der Waals surface area contributed by atoms with Crippen LogP contribution in [0, 0.1) is 0 Å². The first kappa shape index (κ1) is 26.5. The van der Waals surface area contributed by atoms with Crippen LogP contribution in [0.5, 0.6) is 5.75 Å². The average Bonchev–Trinajstić information content (AvgIpc) is 3.18. The highest BCUT2D eigenvalue weighted by molar-refractivity contribution is 8.18. The van der Waals surface area contributed by atoms with Gasteiger partial charge in [-0.1, -0.05) is 54.1 Å². The zero-order chi connectivity index (χ0) is 26.0. The van der Waals surface area contributed by atoms with Crippen LogP contribution in [0.15, 0.2) is 88.8 Å². The molecular weight excluding hydrogens is 510 g/mol. The Morgan fingerprint density at radius 2 is 1.81 bits per heavy atom. The molecule has 0 bridgehead atoms. The summed E-state index contributed by atoms with van der Waals surface area (Å²) in [4.78, 5) is 32.3. The lowest BCUT2D eigenvalue weighted by atomic mass is 10.2. The normalized spacial score (nSPS) is 15.4. The standard InChI is InChI=1S/C28H26ClN3O4S/c1-35-16-8-15-32-27(34)25(37-28(32)31-22-11-6-3-7-12-22)18-20-13-14-24(23(29)17-20)36-19-26(33)30-21-9-4-2-5-10-21/h2-7,9-14,17-18H,8,15-16,19H2,1H3,(H,30,33)/b25-18-,31-28?. The molecule has 0 spiro atoms. The van der Waals surface area contributed by atoms with Crippen LogP contribution in [0.25, 0.3) is 6.08 Å². The van der Waals surface area contributed by atoms with E-state index in [-0.39, 0.29) is 18.4 Å².